The van der Waals surface area contributed by atoms with E-state index < -0.39 is 0 Å². The lowest BCUT2D eigenvalue weighted by atomic mass is 10.2. The molecule has 0 saturated heterocycles. The fourth-order valence-corrected chi connectivity index (χ4v) is 2.50. The molecular weight excluding hydrogens is 351 g/mol. The van der Waals surface area contributed by atoms with Gasteiger partial charge in [0.25, 0.3) is 0 Å². The number of aromatic amines is 1. The van der Waals surface area contributed by atoms with E-state index in [0.29, 0.717) is 16.7 Å². The van der Waals surface area contributed by atoms with Crippen LogP contribution < -0.4 is 10.6 Å². The molecule has 112 valence electrons. The van der Waals surface area contributed by atoms with Gasteiger partial charge in [-0.25, -0.2) is 9.18 Å². The smallest absolute Gasteiger partial charge is 0.319 e. The second kappa shape index (κ2) is 6.15. The van der Waals surface area contributed by atoms with Crippen molar-refractivity contribution in [2.75, 3.05) is 5.32 Å². The van der Waals surface area contributed by atoms with Crippen molar-refractivity contribution >= 4 is 38.6 Å². The molecule has 0 fully saturated rings. The lowest BCUT2D eigenvalue weighted by molar-refractivity contribution is 0.252. The Kier molecular flexibility index (Phi) is 4.06. The summed E-state index contributed by atoms with van der Waals surface area (Å²) < 4.78 is 13.5. The normalized spacial score (nSPS) is 10.6. The minimum atomic E-state index is -0.339. The van der Waals surface area contributed by atoms with E-state index in [1.165, 1.54) is 6.07 Å². The summed E-state index contributed by atoms with van der Waals surface area (Å²) in [6, 6.07) is 9.77. The van der Waals surface area contributed by atoms with Gasteiger partial charge >= 0.3 is 6.03 Å². The number of H-pyrrole nitrogens is 1. The van der Waals surface area contributed by atoms with Crippen LogP contribution >= 0.6 is 15.9 Å². The number of amides is 2. The van der Waals surface area contributed by atoms with Crippen LogP contribution in [0.5, 0.6) is 0 Å². The van der Waals surface area contributed by atoms with Crippen LogP contribution in [0.25, 0.3) is 10.9 Å². The molecule has 0 bridgehead atoms. The number of urea groups is 1. The van der Waals surface area contributed by atoms with Crippen LogP contribution in [0, 0.1) is 5.82 Å². The van der Waals surface area contributed by atoms with Gasteiger partial charge in [0.05, 0.1) is 21.9 Å². The standard InChI is InChI=1S/C15H12BrFN4O/c16-11-6-9(4-5-12(11)17)7-18-15(22)20-13-2-1-3-14-10(13)8-19-21-14/h1-6,8H,7H2,(H,19,21)(H2,18,20,22). The maximum absolute atomic E-state index is 13.1. The van der Waals surface area contributed by atoms with E-state index in [0.717, 1.165) is 16.5 Å². The summed E-state index contributed by atoms with van der Waals surface area (Å²) >= 11 is 3.12. The van der Waals surface area contributed by atoms with Crippen molar-refractivity contribution in [1.82, 2.24) is 15.5 Å². The molecule has 0 aliphatic carbocycles. The van der Waals surface area contributed by atoms with Crippen molar-refractivity contribution in [2.24, 2.45) is 0 Å². The Bertz CT molecular complexity index is 833. The molecule has 3 rings (SSSR count). The van der Waals surface area contributed by atoms with Crippen molar-refractivity contribution in [3.05, 3.63) is 58.4 Å². The molecule has 0 aliphatic heterocycles. The first kappa shape index (κ1) is 14.5. The zero-order valence-corrected chi connectivity index (χ0v) is 12.9. The highest BCUT2D eigenvalue weighted by atomic mass is 79.9. The number of carbonyl (C=O) groups excluding carboxylic acids is 1. The molecule has 22 heavy (non-hydrogen) atoms. The van der Waals surface area contributed by atoms with Crippen molar-refractivity contribution < 1.29 is 9.18 Å². The molecule has 1 heterocycles. The van der Waals surface area contributed by atoms with Crippen LogP contribution in [-0.2, 0) is 6.54 Å². The number of anilines is 1. The van der Waals surface area contributed by atoms with E-state index >= 15 is 0 Å². The molecule has 0 atom stereocenters. The second-order valence-corrected chi connectivity index (χ2v) is 5.55. The predicted molar refractivity (Wildman–Crippen MR) is 86.1 cm³/mol. The number of aromatic nitrogens is 2. The van der Waals surface area contributed by atoms with Crippen molar-refractivity contribution in [1.29, 1.82) is 0 Å². The third-order valence-corrected chi connectivity index (χ3v) is 3.78. The summed E-state index contributed by atoms with van der Waals surface area (Å²) in [5, 5.41) is 13.1. The third kappa shape index (κ3) is 3.09. The Balaban J connectivity index is 1.65. The monoisotopic (exact) mass is 362 g/mol. The molecule has 7 heteroatoms. The number of hydrogen-bond donors (Lipinski definition) is 3. The van der Waals surface area contributed by atoms with Crippen molar-refractivity contribution in [3.8, 4) is 0 Å². The zero-order valence-electron chi connectivity index (χ0n) is 11.4. The van der Waals surface area contributed by atoms with Crippen molar-refractivity contribution in [3.63, 3.8) is 0 Å². The first-order valence-electron chi connectivity index (χ1n) is 6.54. The number of nitrogens with one attached hydrogen (secondary N) is 3. The molecule has 0 aliphatic rings. The number of hydrogen-bond acceptors (Lipinski definition) is 2. The van der Waals surface area contributed by atoms with Gasteiger partial charge in [-0.3, -0.25) is 5.10 Å². The summed E-state index contributed by atoms with van der Waals surface area (Å²) in [5.74, 6) is -0.333. The van der Waals surface area contributed by atoms with E-state index in [-0.39, 0.29) is 11.8 Å². The van der Waals surface area contributed by atoms with Crippen LogP contribution in [0.15, 0.2) is 47.1 Å². The highest BCUT2D eigenvalue weighted by molar-refractivity contribution is 9.10. The number of carbonyl (C=O) groups is 1. The number of halogens is 2. The number of benzene rings is 2. The highest BCUT2D eigenvalue weighted by Crippen LogP contribution is 2.21. The van der Waals surface area contributed by atoms with Crippen LogP contribution in [0.2, 0.25) is 0 Å². The molecule has 0 radical (unpaired) electrons. The first-order chi connectivity index (χ1) is 10.6. The average Bonchev–Trinajstić information content (AvgIpc) is 2.98. The first-order valence-corrected chi connectivity index (χ1v) is 7.33. The van der Waals surface area contributed by atoms with Crippen LogP contribution in [-0.4, -0.2) is 16.2 Å². The molecule has 3 N–H and O–H groups in total. The summed E-state index contributed by atoms with van der Waals surface area (Å²) in [5.41, 5.74) is 2.31. The quantitative estimate of drug-likeness (QED) is 0.663. The van der Waals surface area contributed by atoms with Gasteiger partial charge < -0.3 is 10.6 Å². The van der Waals surface area contributed by atoms with E-state index in [4.69, 9.17) is 0 Å². The van der Waals surface area contributed by atoms with Gasteiger partial charge in [-0.2, -0.15) is 5.10 Å². The molecule has 3 aromatic rings. The lowest BCUT2D eigenvalue weighted by Crippen LogP contribution is -2.28. The lowest BCUT2D eigenvalue weighted by Gasteiger charge is -2.09. The summed E-state index contributed by atoms with van der Waals surface area (Å²) in [6.45, 7) is 0.298. The van der Waals surface area contributed by atoms with Gasteiger partial charge in [0, 0.05) is 11.9 Å². The maximum atomic E-state index is 13.1. The molecule has 0 spiro atoms. The largest absolute Gasteiger partial charge is 0.334 e. The number of fused-ring (bicyclic) bond motifs is 1. The molecule has 1 aromatic heterocycles. The second-order valence-electron chi connectivity index (χ2n) is 4.69. The van der Waals surface area contributed by atoms with E-state index in [1.54, 1.807) is 24.4 Å². The van der Waals surface area contributed by atoms with Gasteiger partial charge in [-0.15, -0.1) is 0 Å². The molecule has 0 saturated carbocycles. The molecule has 5 nitrogen and oxygen atoms in total. The Morgan fingerprint density at radius 1 is 1.32 bits per heavy atom. The summed E-state index contributed by atoms with van der Waals surface area (Å²) in [4.78, 5) is 12.0. The van der Waals surface area contributed by atoms with Gasteiger partial charge in [-0.05, 0) is 45.8 Å². The number of nitrogens with zero attached hydrogens (tertiary/aromatic N) is 1. The zero-order chi connectivity index (χ0) is 15.5. The number of rotatable bonds is 3. The fourth-order valence-electron chi connectivity index (χ4n) is 2.08. The minimum Gasteiger partial charge on any atom is -0.334 e. The third-order valence-electron chi connectivity index (χ3n) is 3.17. The summed E-state index contributed by atoms with van der Waals surface area (Å²) in [7, 11) is 0. The van der Waals surface area contributed by atoms with Crippen LogP contribution in [0.3, 0.4) is 0 Å². The van der Waals surface area contributed by atoms with Crippen molar-refractivity contribution in [2.45, 2.75) is 6.54 Å². The fraction of sp³-hybridized carbons (Fsp3) is 0.0667. The predicted octanol–water partition coefficient (Wildman–Crippen LogP) is 3.79. The van der Waals surface area contributed by atoms with E-state index in [9.17, 15) is 9.18 Å². The Labute approximate surface area is 134 Å². The highest BCUT2D eigenvalue weighted by Gasteiger charge is 2.07. The summed E-state index contributed by atoms with van der Waals surface area (Å²) in [6.07, 6.45) is 1.65. The van der Waals surface area contributed by atoms with E-state index in [1.807, 2.05) is 12.1 Å². The minimum absolute atomic E-state index is 0.298. The average molecular weight is 363 g/mol. The SMILES string of the molecule is O=C(NCc1ccc(F)c(Br)c1)Nc1cccc2[nH]ncc12. The molecule has 2 aromatic carbocycles. The van der Waals surface area contributed by atoms with E-state index in [2.05, 4.69) is 36.8 Å². The van der Waals surface area contributed by atoms with Gasteiger partial charge in [0.15, 0.2) is 0 Å². The molecule has 0 unspecified atom stereocenters. The van der Waals surface area contributed by atoms with Gasteiger partial charge in [-0.1, -0.05) is 12.1 Å². The Morgan fingerprint density at radius 3 is 3.00 bits per heavy atom. The van der Waals surface area contributed by atoms with Gasteiger partial charge in [0.2, 0.25) is 0 Å². The maximum Gasteiger partial charge on any atom is 0.319 e. The Morgan fingerprint density at radius 2 is 2.18 bits per heavy atom. The topological polar surface area (TPSA) is 69.8 Å². The van der Waals surface area contributed by atoms with Gasteiger partial charge in [0.1, 0.15) is 5.82 Å². The molecular formula is C15H12BrFN4O. The van der Waals surface area contributed by atoms with Crippen LogP contribution in [0.1, 0.15) is 5.56 Å². The molecule has 2 amide bonds. The van der Waals surface area contributed by atoms with Crippen LogP contribution in [0.4, 0.5) is 14.9 Å². The Hall–Kier alpha value is -2.41.